The van der Waals surface area contributed by atoms with E-state index in [1.54, 1.807) is 13.8 Å². The minimum Gasteiger partial charge on any atom is -0.330 e. The van der Waals surface area contributed by atoms with Crippen LogP contribution in [-0.2, 0) is 19.8 Å². The first-order chi connectivity index (χ1) is 10.1. The van der Waals surface area contributed by atoms with Crippen LogP contribution < -0.4 is 5.32 Å². The van der Waals surface area contributed by atoms with Crippen LogP contribution in [0.2, 0.25) is 0 Å². The Bertz CT molecular complexity index is 596. The molecule has 1 aromatic carbocycles. The lowest BCUT2D eigenvalue weighted by molar-refractivity contribution is 0.219. The van der Waals surface area contributed by atoms with E-state index in [0.717, 1.165) is 5.69 Å². The zero-order chi connectivity index (χ0) is 15.1. The predicted molar refractivity (Wildman–Crippen MR) is 84.2 cm³/mol. The smallest absolute Gasteiger partial charge is 0.330 e. The molecule has 21 heavy (non-hydrogen) atoms. The van der Waals surface area contributed by atoms with Crippen LogP contribution >= 0.6 is 18.9 Å². The maximum Gasteiger partial charge on any atom is 0.337 e. The molecule has 0 spiro atoms. The predicted octanol–water partition coefficient (Wildman–Crippen LogP) is 4.05. The molecule has 0 radical (unpaired) electrons. The van der Waals surface area contributed by atoms with Gasteiger partial charge in [0.05, 0.1) is 13.2 Å². The van der Waals surface area contributed by atoms with E-state index in [2.05, 4.69) is 15.5 Å². The minimum atomic E-state index is -3.13. The molecule has 0 unspecified atom stereocenters. The maximum atomic E-state index is 12.4. The van der Waals surface area contributed by atoms with Gasteiger partial charge < -0.3 is 14.4 Å². The molecule has 0 aliphatic rings. The second-order valence-electron chi connectivity index (χ2n) is 4.10. The van der Waals surface area contributed by atoms with Crippen LogP contribution in [0.15, 0.2) is 30.3 Å². The molecule has 8 heteroatoms. The molecule has 6 nitrogen and oxygen atoms in total. The SMILES string of the molecule is CCOP(=O)(Cc1nnc(Nc2ccccc2)s1)OCC. The summed E-state index contributed by atoms with van der Waals surface area (Å²) in [4.78, 5) is 0. The van der Waals surface area contributed by atoms with E-state index in [4.69, 9.17) is 9.05 Å². The van der Waals surface area contributed by atoms with Gasteiger partial charge in [-0.1, -0.05) is 29.5 Å². The number of para-hydroxylation sites is 1. The third kappa shape index (κ3) is 4.89. The second kappa shape index (κ2) is 7.66. The molecule has 2 rings (SSSR count). The summed E-state index contributed by atoms with van der Waals surface area (Å²) in [6.07, 6.45) is 0.142. The molecule has 1 aromatic heterocycles. The van der Waals surface area contributed by atoms with E-state index in [9.17, 15) is 4.57 Å². The van der Waals surface area contributed by atoms with Gasteiger partial charge in [0.2, 0.25) is 5.13 Å². The van der Waals surface area contributed by atoms with Gasteiger partial charge in [-0.25, -0.2) is 0 Å². The first-order valence-electron chi connectivity index (χ1n) is 6.68. The summed E-state index contributed by atoms with van der Waals surface area (Å²) in [5, 5.41) is 12.5. The summed E-state index contributed by atoms with van der Waals surface area (Å²) in [5.41, 5.74) is 0.929. The van der Waals surface area contributed by atoms with Crippen molar-refractivity contribution >= 4 is 29.8 Å². The van der Waals surface area contributed by atoms with Crippen molar-refractivity contribution < 1.29 is 13.6 Å². The Morgan fingerprint density at radius 1 is 1.14 bits per heavy atom. The molecule has 0 saturated heterocycles. The number of rotatable bonds is 8. The van der Waals surface area contributed by atoms with Crippen LogP contribution in [0.25, 0.3) is 0 Å². The van der Waals surface area contributed by atoms with Gasteiger partial charge in [0.1, 0.15) is 11.2 Å². The van der Waals surface area contributed by atoms with Crippen molar-refractivity contribution in [1.29, 1.82) is 0 Å². The lowest BCUT2D eigenvalue weighted by Crippen LogP contribution is -1.98. The molecule has 0 saturated carbocycles. The molecule has 0 amide bonds. The second-order valence-corrected chi connectivity index (χ2v) is 7.21. The number of aromatic nitrogens is 2. The minimum absolute atomic E-state index is 0.142. The van der Waals surface area contributed by atoms with Crippen LogP contribution in [0, 0.1) is 0 Å². The lowest BCUT2D eigenvalue weighted by atomic mass is 10.3. The highest BCUT2D eigenvalue weighted by atomic mass is 32.1. The Morgan fingerprint density at radius 2 is 1.81 bits per heavy atom. The molecular weight excluding hydrogens is 309 g/mol. The summed E-state index contributed by atoms with van der Waals surface area (Å²) in [6, 6.07) is 9.68. The van der Waals surface area contributed by atoms with E-state index in [-0.39, 0.29) is 6.16 Å². The van der Waals surface area contributed by atoms with Crippen molar-refractivity contribution in [2.45, 2.75) is 20.0 Å². The molecule has 0 aliphatic carbocycles. The van der Waals surface area contributed by atoms with Gasteiger partial charge in [-0.3, -0.25) is 4.57 Å². The van der Waals surface area contributed by atoms with Crippen molar-refractivity contribution in [2.75, 3.05) is 18.5 Å². The molecule has 2 aromatic rings. The Balaban J connectivity index is 2.04. The van der Waals surface area contributed by atoms with Crippen LogP contribution in [-0.4, -0.2) is 23.4 Å². The van der Waals surface area contributed by atoms with Gasteiger partial charge in [0.15, 0.2) is 0 Å². The van der Waals surface area contributed by atoms with Crippen molar-refractivity contribution in [3.05, 3.63) is 35.3 Å². The Labute approximate surface area is 128 Å². The van der Waals surface area contributed by atoms with Gasteiger partial charge >= 0.3 is 7.60 Å². The third-order valence-corrected chi connectivity index (χ3v) is 5.52. The summed E-state index contributed by atoms with van der Waals surface area (Å²) < 4.78 is 22.9. The van der Waals surface area contributed by atoms with E-state index in [1.165, 1.54) is 11.3 Å². The summed E-state index contributed by atoms with van der Waals surface area (Å²) >= 11 is 1.34. The van der Waals surface area contributed by atoms with Crippen LogP contribution in [0.5, 0.6) is 0 Å². The molecule has 0 fully saturated rings. The molecule has 1 heterocycles. The quantitative estimate of drug-likeness (QED) is 0.737. The van der Waals surface area contributed by atoms with Gasteiger partial charge in [-0.15, -0.1) is 10.2 Å². The van der Waals surface area contributed by atoms with Gasteiger partial charge in [-0.2, -0.15) is 0 Å². The number of hydrogen-bond donors (Lipinski definition) is 1. The van der Waals surface area contributed by atoms with Crippen molar-refractivity contribution in [1.82, 2.24) is 10.2 Å². The third-order valence-electron chi connectivity index (χ3n) is 2.47. The average molecular weight is 327 g/mol. The standard InChI is InChI=1S/C13H18N3O3PS/c1-3-18-20(17,19-4-2)10-12-15-16-13(21-12)14-11-8-6-5-7-9-11/h5-9H,3-4,10H2,1-2H3,(H,14,16). The van der Waals surface area contributed by atoms with Crippen molar-refractivity contribution in [3.8, 4) is 0 Å². The molecule has 0 atom stereocenters. The molecule has 114 valence electrons. The molecular formula is C13H18N3O3PS. The van der Waals surface area contributed by atoms with Crippen LogP contribution in [0.1, 0.15) is 18.9 Å². The molecule has 0 bridgehead atoms. The zero-order valence-electron chi connectivity index (χ0n) is 12.0. The fourth-order valence-electron chi connectivity index (χ4n) is 1.70. The molecule has 0 aliphatic heterocycles. The summed E-state index contributed by atoms with van der Waals surface area (Å²) in [6.45, 7) is 4.25. The Kier molecular flexibility index (Phi) is 5.87. The maximum absolute atomic E-state index is 12.4. The zero-order valence-corrected chi connectivity index (χ0v) is 13.7. The van der Waals surface area contributed by atoms with Crippen molar-refractivity contribution in [2.24, 2.45) is 0 Å². The van der Waals surface area contributed by atoms with Crippen molar-refractivity contribution in [3.63, 3.8) is 0 Å². The number of hydrogen-bond acceptors (Lipinski definition) is 7. The van der Waals surface area contributed by atoms with E-state index in [0.29, 0.717) is 23.4 Å². The van der Waals surface area contributed by atoms with Gasteiger partial charge in [-0.05, 0) is 26.0 Å². The van der Waals surface area contributed by atoms with Crippen LogP contribution in [0.4, 0.5) is 10.8 Å². The Hall–Kier alpha value is -1.27. The largest absolute Gasteiger partial charge is 0.337 e. The van der Waals surface area contributed by atoms with Crippen LogP contribution in [0.3, 0.4) is 0 Å². The summed E-state index contributed by atoms with van der Waals surface area (Å²) in [5.74, 6) is 0. The van der Waals surface area contributed by atoms with Gasteiger partial charge in [0.25, 0.3) is 0 Å². The van der Waals surface area contributed by atoms with E-state index < -0.39 is 7.60 Å². The Morgan fingerprint density at radius 3 is 2.43 bits per heavy atom. The fourth-order valence-corrected chi connectivity index (χ4v) is 4.43. The average Bonchev–Trinajstić information content (AvgIpc) is 2.87. The highest BCUT2D eigenvalue weighted by molar-refractivity contribution is 7.53. The number of nitrogens with zero attached hydrogens (tertiary/aromatic N) is 2. The lowest BCUT2D eigenvalue weighted by Gasteiger charge is -2.14. The number of benzene rings is 1. The first kappa shape index (κ1) is 16.1. The normalized spacial score (nSPS) is 11.5. The number of anilines is 2. The highest BCUT2D eigenvalue weighted by Crippen LogP contribution is 2.51. The molecule has 1 N–H and O–H groups in total. The topological polar surface area (TPSA) is 73.3 Å². The summed E-state index contributed by atoms with van der Waals surface area (Å²) in [7, 11) is -3.13. The van der Waals surface area contributed by atoms with Gasteiger partial charge in [0, 0.05) is 5.69 Å². The van der Waals surface area contributed by atoms with E-state index in [1.807, 2.05) is 30.3 Å². The highest BCUT2D eigenvalue weighted by Gasteiger charge is 2.26. The van der Waals surface area contributed by atoms with E-state index >= 15 is 0 Å². The number of nitrogens with one attached hydrogen (secondary N) is 1. The monoisotopic (exact) mass is 327 g/mol. The fraction of sp³-hybridized carbons (Fsp3) is 0.385. The first-order valence-corrected chi connectivity index (χ1v) is 9.22.